The van der Waals surface area contributed by atoms with E-state index in [9.17, 15) is 9.59 Å². The van der Waals surface area contributed by atoms with Crippen molar-refractivity contribution in [3.8, 4) is 0 Å². The summed E-state index contributed by atoms with van der Waals surface area (Å²) in [5, 5.41) is 0. The molecule has 6 heteroatoms. The van der Waals surface area contributed by atoms with Gasteiger partial charge in [0, 0.05) is 13.2 Å². The molecule has 0 aromatic heterocycles. The Labute approximate surface area is 126 Å². The van der Waals surface area contributed by atoms with Crippen LogP contribution < -0.4 is 0 Å². The van der Waals surface area contributed by atoms with Gasteiger partial charge in [0.05, 0.1) is 19.8 Å². The molecule has 1 atom stereocenters. The van der Waals surface area contributed by atoms with Crippen molar-refractivity contribution in [2.45, 2.75) is 39.7 Å². The summed E-state index contributed by atoms with van der Waals surface area (Å²) in [5.74, 6) is -0.0153. The van der Waals surface area contributed by atoms with Crippen LogP contribution in [0.25, 0.3) is 0 Å². The van der Waals surface area contributed by atoms with Gasteiger partial charge in [-0.3, -0.25) is 9.59 Å². The molecule has 0 N–H and O–H groups in total. The van der Waals surface area contributed by atoms with Gasteiger partial charge >= 0.3 is 5.97 Å². The summed E-state index contributed by atoms with van der Waals surface area (Å²) < 4.78 is 15.6. The van der Waals surface area contributed by atoms with Crippen molar-refractivity contribution in [1.29, 1.82) is 0 Å². The number of carbonyl (C=O) groups is 2. The van der Waals surface area contributed by atoms with Gasteiger partial charge in [-0.05, 0) is 39.5 Å². The highest BCUT2D eigenvalue weighted by Gasteiger charge is 2.30. The van der Waals surface area contributed by atoms with Crippen LogP contribution in [0.5, 0.6) is 0 Å². The van der Waals surface area contributed by atoms with Crippen molar-refractivity contribution >= 4 is 11.9 Å². The molecule has 0 saturated heterocycles. The summed E-state index contributed by atoms with van der Waals surface area (Å²) in [6.07, 6.45) is 1.66. The van der Waals surface area contributed by atoms with Gasteiger partial charge in [-0.1, -0.05) is 0 Å². The third-order valence-corrected chi connectivity index (χ3v) is 3.26. The zero-order valence-corrected chi connectivity index (χ0v) is 13.3. The highest BCUT2D eigenvalue weighted by Crippen LogP contribution is 2.29. The van der Waals surface area contributed by atoms with Crippen LogP contribution in [0.4, 0.5) is 0 Å². The van der Waals surface area contributed by atoms with E-state index in [0.29, 0.717) is 38.9 Å². The molecule has 1 saturated carbocycles. The van der Waals surface area contributed by atoms with E-state index >= 15 is 0 Å². The topological polar surface area (TPSA) is 65.1 Å². The van der Waals surface area contributed by atoms with E-state index in [2.05, 4.69) is 0 Å². The molecule has 0 radical (unpaired) electrons. The summed E-state index contributed by atoms with van der Waals surface area (Å²) >= 11 is 0. The smallest absolute Gasteiger partial charge is 0.325 e. The first-order chi connectivity index (χ1) is 10.1. The van der Waals surface area contributed by atoms with E-state index in [1.54, 1.807) is 18.7 Å². The fraction of sp³-hybridized carbons (Fsp3) is 0.867. The van der Waals surface area contributed by atoms with E-state index < -0.39 is 6.10 Å². The molecule has 1 aliphatic rings. The molecular formula is C15H27NO5. The Balaban J connectivity index is 2.42. The van der Waals surface area contributed by atoms with Crippen molar-refractivity contribution < 1.29 is 23.8 Å². The molecule has 0 spiro atoms. The summed E-state index contributed by atoms with van der Waals surface area (Å²) in [6, 6.07) is 0. The fourth-order valence-corrected chi connectivity index (χ4v) is 1.96. The highest BCUT2D eigenvalue weighted by molar-refractivity contribution is 5.84. The standard InChI is InChI=1S/C15H27NO5/c1-4-19-8-9-21-12(3)15(18)16(10-13-6-7-13)11-14(17)20-5-2/h12-13H,4-11H2,1-3H3/t12-/m0/s1. The molecule has 0 heterocycles. The van der Waals surface area contributed by atoms with E-state index in [0.717, 1.165) is 12.8 Å². The second kappa shape index (κ2) is 9.73. The molecule has 0 aromatic rings. The predicted molar refractivity (Wildman–Crippen MR) is 77.8 cm³/mol. The lowest BCUT2D eigenvalue weighted by Gasteiger charge is -2.25. The van der Waals surface area contributed by atoms with Crippen molar-refractivity contribution in [1.82, 2.24) is 4.90 Å². The van der Waals surface area contributed by atoms with Crippen LogP contribution in [0.15, 0.2) is 0 Å². The third-order valence-electron chi connectivity index (χ3n) is 3.26. The van der Waals surface area contributed by atoms with Crippen LogP contribution in [0.2, 0.25) is 0 Å². The molecule has 0 unspecified atom stereocenters. The van der Waals surface area contributed by atoms with E-state index in [4.69, 9.17) is 14.2 Å². The lowest BCUT2D eigenvalue weighted by molar-refractivity contribution is -0.153. The van der Waals surface area contributed by atoms with Crippen LogP contribution >= 0.6 is 0 Å². The van der Waals surface area contributed by atoms with Gasteiger partial charge in [0.25, 0.3) is 5.91 Å². The number of amides is 1. The average Bonchev–Trinajstić information content (AvgIpc) is 3.26. The Morgan fingerprint density at radius 2 is 1.90 bits per heavy atom. The first kappa shape index (κ1) is 17.9. The quantitative estimate of drug-likeness (QED) is 0.424. The van der Waals surface area contributed by atoms with Gasteiger partial charge in [-0.25, -0.2) is 0 Å². The Kier molecular flexibility index (Phi) is 8.30. The molecule has 6 nitrogen and oxygen atoms in total. The molecule has 1 amide bonds. The van der Waals surface area contributed by atoms with Crippen LogP contribution in [0.1, 0.15) is 33.6 Å². The largest absolute Gasteiger partial charge is 0.465 e. The Hall–Kier alpha value is -1.14. The second-order valence-corrected chi connectivity index (χ2v) is 5.18. The van der Waals surface area contributed by atoms with E-state index in [-0.39, 0.29) is 18.4 Å². The molecule has 0 bridgehead atoms. The number of nitrogens with zero attached hydrogens (tertiary/aromatic N) is 1. The van der Waals surface area contributed by atoms with Crippen molar-refractivity contribution in [2.75, 3.05) is 39.5 Å². The third kappa shape index (κ3) is 7.43. The Bertz CT molecular complexity index is 330. The minimum atomic E-state index is -0.571. The van der Waals surface area contributed by atoms with Gasteiger partial charge in [0.1, 0.15) is 12.6 Å². The Morgan fingerprint density at radius 1 is 1.19 bits per heavy atom. The minimum absolute atomic E-state index is 0.00231. The summed E-state index contributed by atoms with van der Waals surface area (Å²) in [6.45, 7) is 7.77. The zero-order valence-electron chi connectivity index (χ0n) is 13.3. The maximum absolute atomic E-state index is 12.4. The molecule has 0 aliphatic heterocycles. The van der Waals surface area contributed by atoms with Gasteiger partial charge in [0.15, 0.2) is 0 Å². The van der Waals surface area contributed by atoms with Crippen molar-refractivity contribution in [3.05, 3.63) is 0 Å². The number of esters is 1. The number of carbonyl (C=O) groups excluding carboxylic acids is 2. The zero-order chi connectivity index (χ0) is 15.7. The van der Waals surface area contributed by atoms with Crippen LogP contribution in [0.3, 0.4) is 0 Å². The summed E-state index contributed by atoms with van der Waals surface area (Å²) in [7, 11) is 0. The monoisotopic (exact) mass is 301 g/mol. The minimum Gasteiger partial charge on any atom is -0.465 e. The van der Waals surface area contributed by atoms with Gasteiger partial charge < -0.3 is 19.1 Å². The normalized spacial score (nSPS) is 15.6. The maximum atomic E-state index is 12.4. The molecule has 21 heavy (non-hydrogen) atoms. The van der Waals surface area contributed by atoms with Crippen molar-refractivity contribution in [3.63, 3.8) is 0 Å². The predicted octanol–water partition coefficient (Wildman–Crippen LogP) is 1.23. The maximum Gasteiger partial charge on any atom is 0.325 e. The molecule has 122 valence electrons. The molecule has 0 aromatic carbocycles. The first-order valence-corrected chi connectivity index (χ1v) is 7.72. The van der Waals surface area contributed by atoms with Gasteiger partial charge in [0.2, 0.25) is 0 Å². The van der Waals surface area contributed by atoms with Crippen LogP contribution in [-0.4, -0.2) is 62.4 Å². The SMILES string of the molecule is CCOCCO[C@@H](C)C(=O)N(CC(=O)OCC)CC1CC1. The second-order valence-electron chi connectivity index (χ2n) is 5.18. The van der Waals surface area contributed by atoms with Gasteiger partial charge in [-0.2, -0.15) is 0 Å². The lowest BCUT2D eigenvalue weighted by Crippen LogP contribution is -2.43. The molecule has 1 fully saturated rings. The van der Waals surface area contributed by atoms with Crippen molar-refractivity contribution in [2.24, 2.45) is 5.92 Å². The fourth-order valence-electron chi connectivity index (χ4n) is 1.96. The molecule has 1 rings (SSSR count). The number of hydrogen-bond donors (Lipinski definition) is 0. The molecular weight excluding hydrogens is 274 g/mol. The summed E-state index contributed by atoms with van der Waals surface area (Å²) in [5.41, 5.74) is 0. The summed E-state index contributed by atoms with van der Waals surface area (Å²) in [4.78, 5) is 25.5. The first-order valence-electron chi connectivity index (χ1n) is 7.72. The Morgan fingerprint density at radius 3 is 2.48 bits per heavy atom. The lowest BCUT2D eigenvalue weighted by atomic mass is 10.3. The number of ether oxygens (including phenoxy) is 3. The number of rotatable bonds is 11. The van der Waals surface area contributed by atoms with Crippen LogP contribution in [-0.2, 0) is 23.8 Å². The van der Waals surface area contributed by atoms with E-state index in [1.807, 2.05) is 6.92 Å². The average molecular weight is 301 g/mol. The number of hydrogen-bond acceptors (Lipinski definition) is 5. The van der Waals surface area contributed by atoms with Crippen LogP contribution in [0, 0.1) is 5.92 Å². The van der Waals surface area contributed by atoms with E-state index in [1.165, 1.54) is 0 Å². The van der Waals surface area contributed by atoms with Gasteiger partial charge in [-0.15, -0.1) is 0 Å². The molecule has 1 aliphatic carbocycles. The highest BCUT2D eigenvalue weighted by atomic mass is 16.5.